The first-order valence-electron chi connectivity index (χ1n) is 4.79. The molecule has 0 spiro atoms. The van der Waals surface area contributed by atoms with Crippen LogP contribution < -0.4 is 4.74 Å². The average Bonchev–Trinajstić information content (AvgIpc) is 2.32. The lowest BCUT2D eigenvalue weighted by atomic mass is 10.3. The van der Waals surface area contributed by atoms with Crippen molar-refractivity contribution in [2.24, 2.45) is 0 Å². The Morgan fingerprint density at radius 3 is 2.65 bits per heavy atom. The molecule has 5 nitrogen and oxygen atoms in total. The predicted molar refractivity (Wildman–Crippen MR) is 60.1 cm³/mol. The van der Waals surface area contributed by atoms with Crippen LogP contribution in [0.5, 0.6) is 5.75 Å². The van der Waals surface area contributed by atoms with Crippen LogP contribution in [0.25, 0.3) is 0 Å². The first-order valence-corrected chi connectivity index (χ1v) is 5.17. The largest absolute Gasteiger partial charge is 0.513 e. The third-order valence-corrected chi connectivity index (χ3v) is 2.10. The van der Waals surface area contributed by atoms with Gasteiger partial charge in [0.15, 0.2) is 5.75 Å². The molecular formula is C11H11ClO5. The van der Waals surface area contributed by atoms with Crippen LogP contribution in [0.3, 0.4) is 0 Å². The van der Waals surface area contributed by atoms with Crippen molar-refractivity contribution in [2.45, 2.75) is 6.42 Å². The fourth-order valence-electron chi connectivity index (χ4n) is 0.967. The van der Waals surface area contributed by atoms with Crippen LogP contribution in [0.4, 0.5) is 4.79 Å². The van der Waals surface area contributed by atoms with Gasteiger partial charge in [0.05, 0.1) is 18.6 Å². The Morgan fingerprint density at radius 1 is 1.29 bits per heavy atom. The summed E-state index contributed by atoms with van der Waals surface area (Å²) in [7, 11) is 1.25. The summed E-state index contributed by atoms with van der Waals surface area (Å²) >= 11 is 5.77. The smallest absolute Gasteiger partial charge is 0.469 e. The summed E-state index contributed by atoms with van der Waals surface area (Å²) < 4.78 is 13.8. The molecule has 0 aromatic heterocycles. The van der Waals surface area contributed by atoms with Crippen molar-refractivity contribution in [3.05, 3.63) is 29.3 Å². The van der Waals surface area contributed by atoms with Gasteiger partial charge in [-0.1, -0.05) is 23.7 Å². The van der Waals surface area contributed by atoms with Crippen LogP contribution in [0.1, 0.15) is 6.42 Å². The zero-order valence-corrected chi connectivity index (χ0v) is 9.90. The van der Waals surface area contributed by atoms with Crippen molar-refractivity contribution in [3.63, 3.8) is 0 Å². The Morgan fingerprint density at radius 2 is 2.00 bits per heavy atom. The normalized spacial score (nSPS) is 9.53. The number of methoxy groups -OCH3 is 1. The molecule has 0 amide bonds. The van der Waals surface area contributed by atoms with Gasteiger partial charge in [-0.15, -0.1) is 0 Å². The average molecular weight is 259 g/mol. The van der Waals surface area contributed by atoms with E-state index in [1.165, 1.54) is 13.2 Å². The third kappa shape index (κ3) is 4.74. The lowest BCUT2D eigenvalue weighted by Gasteiger charge is -2.06. The minimum Gasteiger partial charge on any atom is -0.469 e. The predicted octanol–water partition coefficient (Wildman–Crippen LogP) is 2.42. The van der Waals surface area contributed by atoms with E-state index in [1.807, 2.05) is 0 Å². The van der Waals surface area contributed by atoms with Crippen LogP contribution >= 0.6 is 11.6 Å². The van der Waals surface area contributed by atoms with E-state index >= 15 is 0 Å². The molecule has 0 aliphatic rings. The van der Waals surface area contributed by atoms with E-state index in [4.69, 9.17) is 16.3 Å². The number of hydrogen-bond acceptors (Lipinski definition) is 5. The number of ether oxygens (including phenoxy) is 3. The molecule has 0 heterocycles. The summed E-state index contributed by atoms with van der Waals surface area (Å²) in [6, 6.07) is 6.49. The van der Waals surface area contributed by atoms with E-state index in [0.29, 0.717) is 5.02 Å². The van der Waals surface area contributed by atoms with Gasteiger partial charge < -0.3 is 14.2 Å². The van der Waals surface area contributed by atoms with E-state index in [2.05, 4.69) is 9.47 Å². The molecule has 6 heteroatoms. The number of benzene rings is 1. The molecule has 17 heavy (non-hydrogen) atoms. The highest BCUT2D eigenvalue weighted by molar-refractivity contribution is 6.32. The Balaban J connectivity index is 2.35. The molecule has 0 N–H and O–H groups in total. The number of para-hydroxylation sites is 1. The molecule has 0 saturated heterocycles. The van der Waals surface area contributed by atoms with Gasteiger partial charge in [0.2, 0.25) is 0 Å². The van der Waals surface area contributed by atoms with E-state index in [1.54, 1.807) is 18.2 Å². The van der Waals surface area contributed by atoms with Crippen molar-refractivity contribution < 1.29 is 23.8 Å². The highest BCUT2D eigenvalue weighted by Gasteiger charge is 2.09. The molecule has 0 saturated carbocycles. The van der Waals surface area contributed by atoms with Crippen molar-refractivity contribution >= 4 is 23.7 Å². The van der Waals surface area contributed by atoms with Crippen LogP contribution in [0.2, 0.25) is 5.02 Å². The van der Waals surface area contributed by atoms with Crippen LogP contribution in [-0.4, -0.2) is 25.8 Å². The van der Waals surface area contributed by atoms with E-state index < -0.39 is 12.1 Å². The molecule has 0 fully saturated rings. The second-order valence-corrected chi connectivity index (χ2v) is 3.36. The monoisotopic (exact) mass is 258 g/mol. The van der Waals surface area contributed by atoms with Gasteiger partial charge in [-0.3, -0.25) is 4.79 Å². The molecule has 0 aliphatic heterocycles. The van der Waals surface area contributed by atoms with Gasteiger partial charge in [0.1, 0.15) is 6.61 Å². The number of esters is 1. The summed E-state index contributed by atoms with van der Waals surface area (Å²) in [4.78, 5) is 21.9. The van der Waals surface area contributed by atoms with Crippen LogP contribution in [-0.2, 0) is 14.3 Å². The first kappa shape index (κ1) is 13.3. The van der Waals surface area contributed by atoms with Crippen LogP contribution in [0.15, 0.2) is 24.3 Å². The molecular weight excluding hydrogens is 248 g/mol. The molecule has 0 atom stereocenters. The van der Waals surface area contributed by atoms with E-state index in [9.17, 15) is 9.59 Å². The Kier molecular flexibility index (Phi) is 5.29. The van der Waals surface area contributed by atoms with E-state index in [-0.39, 0.29) is 18.8 Å². The number of rotatable bonds is 4. The Bertz CT molecular complexity index is 405. The fourth-order valence-corrected chi connectivity index (χ4v) is 1.14. The summed E-state index contributed by atoms with van der Waals surface area (Å²) in [5.74, 6) is -0.257. The molecule has 0 unspecified atom stereocenters. The van der Waals surface area contributed by atoms with Crippen molar-refractivity contribution in [1.29, 1.82) is 0 Å². The summed E-state index contributed by atoms with van der Waals surface area (Å²) in [6.45, 7) is -0.101. The SMILES string of the molecule is COC(=O)CCOC(=O)Oc1ccccc1Cl. The van der Waals surface area contributed by atoms with Gasteiger partial charge >= 0.3 is 12.1 Å². The van der Waals surface area contributed by atoms with E-state index in [0.717, 1.165) is 0 Å². The minimum atomic E-state index is -0.915. The molecule has 1 aromatic carbocycles. The first-order chi connectivity index (χ1) is 8.13. The lowest BCUT2D eigenvalue weighted by Crippen LogP contribution is -2.14. The van der Waals surface area contributed by atoms with Gasteiger partial charge in [-0.25, -0.2) is 4.79 Å². The van der Waals surface area contributed by atoms with Gasteiger partial charge in [-0.05, 0) is 12.1 Å². The Labute approximate surface area is 103 Å². The zero-order valence-electron chi connectivity index (χ0n) is 9.14. The highest BCUT2D eigenvalue weighted by Crippen LogP contribution is 2.23. The molecule has 0 aliphatic carbocycles. The van der Waals surface area contributed by atoms with Gasteiger partial charge in [-0.2, -0.15) is 0 Å². The summed E-state index contributed by atoms with van der Waals surface area (Å²) in [5, 5.41) is 0.303. The maximum Gasteiger partial charge on any atom is 0.513 e. The van der Waals surface area contributed by atoms with Gasteiger partial charge in [0.25, 0.3) is 0 Å². The maximum atomic E-state index is 11.2. The van der Waals surface area contributed by atoms with Crippen molar-refractivity contribution in [1.82, 2.24) is 0 Å². The second kappa shape index (κ2) is 6.75. The molecule has 92 valence electrons. The quantitative estimate of drug-likeness (QED) is 0.613. The summed E-state index contributed by atoms with van der Waals surface area (Å²) in [5.41, 5.74) is 0. The second-order valence-electron chi connectivity index (χ2n) is 2.96. The van der Waals surface area contributed by atoms with Crippen LogP contribution in [0, 0.1) is 0 Å². The molecule has 1 aromatic rings. The topological polar surface area (TPSA) is 61.8 Å². The lowest BCUT2D eigenvalue weighted by molar-refractivity contribution is -0.141. The third-order valence-electron chi connectivity index (χ3n) is 1.78. The molecule has 1 rings (SSSR count). The number of halogens is 1. The molecule has 0 radical (unpaired) electrons. The summed E-state index contributed by atoms with van der Waals surface area (Å²) in [6.07, 6.45) is -0.935. The Hall–Kier alpha value is -1.75. The fraction of sp³-hybridized carbons (Fsp3) is 0.273. The number of carbonyl (C=O) groups excluding carboxylic acids is 2. The minimum absolute atomic E-state index is 0.0197. The van der Waals surface area contributed by atoms with Crippen molar-refractivity contribution in [3.8, 4) is 5.75 Å². The number of hydrogen-bond donors (Lipinski definition) is 0. The highest BCUT2D eigenvalue weighted by atomic mass is 35.5. The number of carbonyl (C=O) groups is 2. The standard InChI is InChI=1S/C11H11ClO5/c1-15-10(13)6-7-16-11(14)17-9-5-3-2-4-8(9)12/h2-5H,6-7H2,1H3. The maximum absolute atomic E-state index is 11.2. The van der Waals surface area contributed by atoms with Gasteiger partial charge in [0, 0.05) is 0 Å². The van der Waals surface area contributed by atoms with Crippen molar-refractivity contribution in [2.75, 3.05) is 13.7 Å². The molecule has 0 bridgehead atoms. The zero-order chi connectivity index (χ0) is 12.7.